The van der Waals surface area contributed by atoms with E-state index in [1.807, 2.05) is 0 Å². The van der Waals surface area contributed by atoms with Crippen molar-refractivity contribution in [2.45, 2.75) is 0 Å². The third-order valence-corrected chi connectivity index (χ3v) is 0.734. The molecule has 1 aliphatic heterocycles. The lowest BCUT2D eigenvalue weighted by Crippen LogP contribution is -2.11. The van der Waals surface area contributed by atoms with Crippen LogP contribution in [0.3, 0.4) is 0 Å². The number of carbonyl (C=O) groups is 1. The van der Waals surface area contributed by atoms with Crippen LogP contribution in [0.15, 0.2) is 0 Å². The highest BCUT2D eigenvalue weighted by Crippen LogP contribution is 1.82. The lowest BCUT2D eigenvalue weighted by molar-refractivity contribution is 0.178. The predicted molar refractivity (Wildman–Crippen MR) is 45.8 cm³/mol. The van der Waals surface area contributed by atoms with Gasteiger partial charge in [-0.25, -0.2) is 4.79 Å². The van der Waals surface area contributed by atoms with Gasteiger partial charge in [0.25, 0.3) is 0 Å². The summed E-state index contributed by atoms with van der Waals surface area (Å²) in [6.07, 6.45) is -0.296. The molecule has 0 bridgehead atoms. The van der Waals surface area contributed by atoms with Crippen molar-refractivity contribution in [1.29, 1.82) is 0 Å². The summed E-state index contributed by atoms with van der Waals surface area (Å²) in [5.41, 5.74) is 4.78. The summed E-state index contributed by atoms with van der Waals surface area (Å²) in [5.74, 6) is 0. The molecular formula is C5H14N2O6. The summed E-state index contributed by atoms with van der Waals surface area (Å²) in [7, 11) is 0. The summed E-state index contributed by atoms with van der Waals surface area (Å²) in [5, 5.41) is 10.2. The number of cyclic esters (lactones) is 1. The third-order valence-electron chi connectivity index (χ3n) is 0.734. The second-order valence-electron chi connectivity index (χ2n) is 1.57. The van der Waals surface area contributed by atoms with Gasteiger partial charge in [0.05, 0.1) is 13.2 Å². The number of aliphatic hydroxyl groups is 1. The monoisotopic (exact) mass is 198 g/mol. The number of nitrogens with one attached hydrogen (secondary N) is 1. The molecule has 0 radical (unpaired) electrons. The maximum atomic E-state index is 9.91. The number of amides is 1. The van der Waals surface area contributed by atoms with Crippen LogP contribution >= 0.6 is 0 Å². The molecule has 80 valence electrons. The minimum Gasteiger partial charge on any atom is -0.448 e. The van der Waals surface area contributed by atoms with E-state index in [0.717, 1.165) is 0 Å². The van der Waals surface area contributed by atoms with Crippen molar-refractivity contribution in [2.75, 3.05) is 26.3 Å². The van der Waals surface area contributed by atoms with Gasteiger partial charge in [0.15, 0.2) is 0 Å². The third kappa shape index (κ3) is 18.1. The second kappa shape index (κ2) is 17.0. The van der Waals surface area contributed by atoms with Crippen molar-refractivity contribution in [3.63, 3.8) is 0 Å². The quantitative estimate of drug-likeness (QED) is 0.439. The second-order valence-corrected chi connectivity index (χ2v) is 1.57. The van der Waals surface area contributed by atoms with Crippen LogP contribution in [-0.2, 0) is 4.74 Å². The van der Waals surface area contributed by atoms with Crippen molar-refractivity contribution >= 4 is 6.09 Å². The van der Waals surface area contributed by atoms with Gasteiger partial charge in [0, 0.05) is 16.5 Å². The van der Waals surface area contributed by atoms with Gasteiger partial charge in [-0.3, -0.25) is 0 Å². The molecule has 8 heteroatoms. The summed E-state index contributed by atoms with van der Waals surface area (Å²) < 4.78 is 4.40. The van der Waals surface area contributed by atoms with E-state index in [4.69, 9.17) is 20.8 Å². The van der Waals surface area contributed by atoms with Crippen LogP contribution in [0.5, 0.6) is 0 Å². The van der Waals surface area contributed by atoms with E-state index < -0.39 is 0 Å². The Labute approximate surface area is 74.6 Å². The van der Waals surface area contributed by atoms with Crippen molar-refractivity contribution < 1.29 is 20.1 Å². The van der Waals surface area contributed by atoms with E-state index in [-0.39, 0.29) is 18.2 Å². The van der Waals surface area contributed by atoms with Crippen LogP contribution in [0.1, 0.15) is 0 Å². The minimum absolute atomic E-state index is 0. The molecule has 0 aromatic rings. The van der Waals surface area contributed by atoms with E-state index in [0.29, 0.717) is 19.7 Å². The molecule has 1 saturated heterocycles. The predicted octanol–water partition coefficient (Wildman–Crippen LogP) is -2.09. The summed E-state index contributed by atoms with van der Waals surface area (Å²) in [4.78, 5) is 23.9. The Morgan fingerprint density at radius 3 is 2.08 bits per heavy atom. The Morgan fingerprint density at radius 2 is 2.00 bits per heavy atom. The molecule has 1 rings (SSSR count). The Morgan fingerprint density at radius 1 is 1.54 bits per heavy atom. The Hall–Kier alpha value is -1.25. The van der Waals surface area contributed by atoms with Crippen LogP contribution in [0.2, 0.25) is 0 Å². The van der Waals surface area contributed by atoms with E-state index >= 15 is 0 Å². The smallest absolute Gasteiger partial charge is 0.407 e. The van der Waals surface area contributed by atoms with E-state index in [1.54, 1.807) is 0 Å². The van der Waals surface area contributed by atoms with Gasteiger partial charge >= 0.3 is 6.09 Å². The number of carbonyl (C=O) groups excluding carboxylic acids is 1. The van der Waals surface area contributed by atoms with E-state index in [1.165, 1.54) is 0 Å². The SMILES string of the molecule is NCCO.O.O=C1NCCO1.O=O. The Bertz CT molecular complexity index is 101. The molecule has 0 saturated carbocycles. The molecule has 1 fully saturated rings. The van der Waals surface area contributed by atoms with Gasteiger partial charge in [-0.2, -0.15) is 0 Å². The molecule has 6 N–H and O–H groups in total. The average molecular weight is 198 g/mol. The van der Waals surface area contributed by atoms with Crippen molar-refractivity contribution in [2.24, 2.45) is 5.73 Å². The first kappa shape index (κ1) is 17.7. The number of ether oxygens (including phenoxy) is 1. The number of hydrogen-bond acceptors (Lipinski definition) is 6. The molecule has 0 aromatic carbocycles. The highest BCUT2D eigenvalue weighted by atomic mass is 16.7. The summed E-state index contributed by atoms with van der Waals surface area (Å²) >= 11 is 0. The zero-order valence-electron chi connectivity index (χ0n) is 6.99. The molecule has 0 atom stereocenters. The van der Waals surface area contributed by atoms with Gasteiger partial charge in [0.1, 0.15) is 6.61 Å². The Balaban J connectivity index is -0.000000128. The van der Waals surface area contributed by atoms with Crippen molar-refractivity contribution in [3.8, 4) is 0 Å². The maximum Gasteiger partial charge on any atom is 0.407 e. The fourth-order valence-corrected chi connectivity index (χ4v) is 0.348. The zero-order chi connectivity index (χ0) is 9.82. The Kier molecular flexibility index (Phi) is 23.2. The first-order chi connectivity index (χ1) is 5.81. The summed E-state index contributed by atoms with van der Waals surface area (Å²) in [6, 6.07) is 0. The first-order valence-electron chi connectivity index (χ1n) is 3.19. The molecule has 13 heavy (non-hydrogen) atoms. The van der Waals surface area contributed by atoms with E-state index in [2.05, 4.69) is 10.1 Å². The number of aliphatic hydroxyl groups excluding tert-OH is 1. The number of rotatable bonds is 1. The van der Waals surface area contributed by atoms with Crippen LogP contribution in [0.4, 0.5) is 4.79 Å². The molecule has 1 heterocycles. The largest absolute Gasteiger partial charge is 0.448 e. The molecule has 0 unspecified atom stereocenters. The van der Waals surface area contributed by atoms with Crippen molar-refractivity contribution in [3.05, 3.63) is 9.93 Å². The molecule has 0 spiro atoms. The molecule has 1 amide bonds. The van der Waals surface area contributed by atoms with Gasteiger partial charge < -0.3 is 26.4 Å². The molecular weight excluding hydrogens is 184 g/mol. The van der Waals surface area contributed by atoms with Crippen LogP contribution in [0.25, 0.3) is 0 Å². The normalized spacial score (nSPS) is 11.7. The van der Waals surface area contributed by atoms with Crippen LogP contribution in [-0.4, -0.2) is 43.0 Å². The fourth-order valence-electron chi connectivity index (χ4n) is 0.348. The molecule has 0 aliphatic carbocycles. The number of hydrogen-bond donors (Lipinski definition) is 3. The van der Waals surface area contributed by atoms with Crippen molar-refractivity contribution in [1.82, 2.24) is 5.32 Å². The number of nitrogens with two attached hydrogens (primary N) is 1. The highest BCUT2D eigenvalue weighted by molar-refractivity contribution is 5.68. The standard InChI is InChI=1S/C3H5NO2.C2H7NO.O2.H2O/c5-3-4-1-2-6-3;3-1-2-4;1-2;/h1-2H2,(H,4,5);4H,1-3H2;;1H2. The molecule has 0 aromatic heterocycles. The number of alkyl carbamates (subject to hydrolysis) is 1. The average Bonchev–Trinajstić information content (AvgIpc) is 2.60. The molecule has 8 nitrogen and oxygen atoms in total. The van der Waals surface area contributed by atoms with E-state index in [9.17, 15) is 4.79 Å². The van der Waals surface area contributed by atoms with Gasteiger partial charge in [-0.1, -0.05) is 0 Å². The van der Waals surface area contributed by atoms with Gasteiger partial charge in [-0.05, 0) is 0 Å². The lowest BCUT2D eigenvalue weighted by atomic mass is 10.7. The molecule has 1 aliphatic rings. The zero-order valence-corrected chi connectivity index (χ0v) is 6.99. The summed E-state index contributed by atoms with van der Waals surface area (Å²) in [6.45, 7) is 1.66. The highest BCUT2D eigenvalue weighted by Gasteiger charge is 2.06. The van der Waals surface area contributed by atoms with Gasteiger partial charge in [-0.15, -0.1) is 0 Å². The fraction of sp³-hybridized carbons (Fsp3) is 0.800. The van der Waals surface area contributed by atoms with Gasteiger partial charge in [0.2, 0.25) is 0 Å². The van der Waals surface area contributed by atoms with Crippen LogP contribution < -0.4 is 11.1 Å². The maximum absolute atomic E-state index is 9.91. The first-order valence-corrected chi connectivity index (χ1v) is 3.19. The topological polar surface area (TPSA) is 150 Å². The lowest BCUT2D eigenvalue weighted by Gasteiger charge is -1.80. The van der Waals surface area contributed by atoms with Crippen LogP contribution in [0, 0.1) is 9.93 Å². The minimum atomic E-state index is -0.296.